The summed E-state index contributed by atoms with van der Waals surface area (Å²) in [6, 6.07) is 5.44. The third-order valence-electron chi connectivity index (χ3n) is 7.51. The minimum atomic E-state index is -1.05. The number of rotatable bonds is 6. The zero-order valence-electron chi connectivity index (χ0n) is 20.5. The molecule has 2 amide bonds. The van der Waals surface area contributed by atoms with E-state index in [1.165, 1.54) is 6.20 Å². The Morgan fingerprint density at radius 1 is 1.24 bits per heavy atom. The van der Waals surface area contributed by atoms with E-state index in [1.54, 1.807) is 27.9 Å². The van der Waals surface area contributed by atoms with Gasteiger partial charge in [-0.1, -0.05) is 0 Å². The highest BCUT2D eigenvalue weighted by molar-refractivity contribution is 6.10. The number of morpholine rings is 1. The zero-order valence-corrected chi connectivity index (χ0v) is 20.5. The molecule has 3 aromatic rings. The Hall–Kier alpha value is -3.57. The third-order valence-corrected chi connectivity index (χ3v) is 7.51. The fourth-order valence-electron chi connectivity index (χ4n) is 5.47. The number of nitrogens with one attached hydrogen (secondary N) is 2. The summed E-state index contributed by atoms with van der Waals surface area (Å²) in [6.45, 7) is 4.43. The molecule has 37 heavy (non-hydrogen) atoms. The highest BCUT2D eigenvalue weighted by Gasteiger charge is 2.34. The molecule has 0 saturated carbocycles. The number of amides is 2. The van der Waals surface area contributed by atoms with E-state index in [1.807, 2.05) is 12.1 Å². The average Bonchev–Trinajstić information content (AvgIpc) is 3.50. The van der Waals surface area contributed by atoms with Crippen molar-refractivity contribution in [3.05, 3.63) is 53.5 Å². The number of alkyl halides is 1. The van der Waals surface area contributed by atoms with E-state index in [9.17, 15) is 9.59 Å². The number of carbonyl (C=O) groups excluding carboxylic acids is 2. The summed E-state index contributed by atoms with van der Waals surface area (Å²) >= 11 is 0. The van der Waals surface area contributed by atoms with Crippen molar-refractivity contribution in [1.29, 1.82) is 0 Å². The Morgan fingerprint density at radius 2 is 2.05 bits per heavy atom. The van der Waals surface area contributed by atoms with Crippen LogP contribution in [0.2, 0.25) is 0 Å². The largest absolute Gasteiger partial charge is 0.378 e. The Kier molecular flexibility index (Phi) is 6.47. The first-order valence-electron chi connectivity index (χ1n) is 12.8. The second kappa shape index (κ2) is 10.1. The van der Waals surface area contributed by atoms with Crippen LogP contribution in [0.1, 0.15) is 39.1 Å². The lowest BCUT2D eigenvalue weighted by Gasteiger charge is -2.31. The molecule has 0 radical (unpaired) electrons. The molecule has 0 unspecified atom stereocenters. The first-order valence-corrected chi connectivity index (χ1v) is 12.8. The summed E-state index contributed by atoms with van der Waals surface area (Å²) in [4.78, 5) is 34.6. The highest BCUT2D eigenvalue weighted by atomic mass is 19.1. The lowest BCUT2D eigenvalue weighted by atomic mass is 9.93. The standard InChI is InChI=1S/C26H30FN7O3/c27-21(17-2-5-28-6-3-17)16-33-15-18-12-22(23(13-19(18)26(33)36)32-8-10-37-11-9-32)31-25(35)20-14-30-34-7-1-4-29-24(20)34/h1,4,7,12-14,17,21,28H,2-3,5-6,8-11,15-16H2,(H,31,35)/t21-/m1/s1. The first kappa shape index (κ1) is 23.8. The smallest absolute Gasteiger partial charge is 0.261 e. The van der Waals surface area contributed by atoms with Crippen LogP contribution in [0.25, 0.3) is 5.65 Å². The number of aromatic nitrogens is 3. The van der Waals surface area contributed by atoms with Crippen LogP contribution in [-0.4, -0.2) is 83.4 Å². The average molecular weight is 508 g/mol. The van der Waals surface area contributed by atoms with Crippen LogP contribution < -0.4 is 15.5 Å². The highest BCUT2D eigenvalue weighted by Crippen LogP contribution is 2.36. The molecule has 2 saturated heterocycles. The number of ether oxygens (including phenoxy) is 1. The number of carbonyl (C=O) groups is 2. The second-order valence-electron chi connectivity index (χ2n) is 9.82. The van der Waals surface area contributed by atoms with Crippen molar-refractivity contribution in [2.24, 2.45) is 5.92 Å². The molecule has 1 aromatic carbocycles. The number of benzene rings is 1. The van der Waals surface area contributed by atoms with Gasteiger partial charge in [0.2, 0.25) is 0 Å². The van der Waals surface area contributed by atoms with Crippen molar-refractivity contribution in [3.63, 3.8) is 0 Å². The number of piperidine rings is 1. The minimum absolute atomic E-state index is 0.0315. The lowest BCUT2D eigenvalue weighted by molar-refractivity contribution is 0.0672. The van der Waals surface area contributed by atoms with Crippen LogP contribution in [0.3, 0.4) is 0 Å². The summed E-state index contributed by atoms with van der Waals surface area (Å²) in [5.41, 5.74) is 3.52. The van der Waals surface area contributed by atoms with E-state index >= 15 is 4.39 Å². The molecule has 0 aliphatic carbocycles. The SMILES string of the molecule is O=C(Nc1cc2c(cc1N1CCOCC1)C(=O)N(C[C@@H](F)C1CCNCC1)C2)c1cnn2cccnc12. The summed E-state index contributed by atoms with van der Waals surface area (Å²) in [5.74, 6) is -0.527. The molecule has 2 N–H and O–H groups in total. The quantitative estimate of drug-likeness (QED) is 0.527. The maximum absolute atomic E-state index is 15.1. The van der Waals surface area contributed by atoms with Gasteiger partial charge in [0.25, 0.3) is 11.8 Å². The van der Waals surface area contributed by atoms with Gasteiger partial charge in [-0.05, 0) is 55.6 Å². The van der Waals surface area contributed by atoms with E-state index in [4.69, 9.17) is 4.74 Å². The fraction of sp³-hybridized carbons (Fsp3) is 0.462. The Morgan fingerprint density at radius 3 is 2.86 bits per heavy atom. The van der Waals surface area contributed by atoms with E-state index < -0.39 is 6.17 Å². The van der Waals surface area contributed by atoms with Crippen LogP contribution in [-0.2, 0) is 11.3 Å². The van der Waals surface area contributed by atoms with Crippen molar-refractivity contribution in [1.82, 2.24) is 24.8 Å². The fourth-order valence-corrected chi connectivity index (χ4v) is 5.47. The molecule has 3 aliphatic heterocycles. The van der Waals surface area contributed by atoms with E-state index in [-0.39, 0.29) is 24.3 Å². The minimum Gasteiger partial charge on any atom is -0.378 e. The number of halogens is 1. The van der Waals surface area contributed by atoms with Crippen LogP contribution in [0.5, 0.6) is 0 Å². The van der Waals surface area contributed by atoms with Crippen molar-refractivity contribution < 1.29 is 18.7 Å². The predicted octanol–water partition coefficient (Wildman–Crippen LogP) is 2.11. The first-order chi connectivity index (χ1) is 18.1. The van der Waals surface area contributed by atoms with Crippen LogP contribution >= 0.6 is 0 Å². The number of anilines is 2. The molecule has 2 fully saturated rings. The van der Waals surface area contributed by atoms with Crippen molar-refractivity contribution in [2.45, 2.75) is 25.6 Å². The van der Waals surface area contributed by atoms with Crippen molar-refractivity contribution >= 4 is 28.8 Å². The molecular formula is C26H30FN7O3. The van der Waals surface area contributed by atoms with Gasteiger partial charge in [-0.3, -0.25) is 9.59 Å². The van der Waals surface area contributed by atoms with Gasteiger partial charge in [0.15, 0.2) is 5.65 Å². The molecule has 0 bridgehead atoms. The number of hydrogen-bond donors (Lipinski definition) is 2. The zero-order chi connectivity index (χ0) is 25.4. The molecule has 194 valence electrons. The summed E-state index contributed by atoms with van der Waals surface area (Å²) < 4.78 is 22.2. The lowest BCUT2D eigenvalue weighted by Crippen LogP contribution is -2.39. The topological polar surface area (TPSA) is 104 Å². The molecular weight excluding hydrogens is 477 g/mol. The van der Waals surface area contributed by atoms with Crippen LogP contribution in [0.4, 0.5) is 15.8 Å². The van der Waals surface area contributed by atoms with Crippen LogP contribution in [0.15, 0.2) is 36.8 Å². The summed E-state index contributed by atoms with van der Waals surface area (Å²) in [6.07, 6.45) is 5.35. The maximum Gasteiger partial charge on any atom is 0.261 e. The number of hydrogen-bond acceptors (Lipinski definition) is 7. The Labute approximate surface area is 213 Å². The van der Waals surface area contributed by atoms with Gasteiger partial charge in [-0.2, -0.15) is 5.10 Å². The molecule has 0 spiro atoms. The third kappa shape index (κ3) is 4.64. The molecule has 11 heteroatoms. The number of fused-ring (bicyclic) bond motifs is 2. The van der Waals surface area contributed by atoms with Gasteiger partial charge in [0.1, 0.15) is 11.7 Å². The van der Waals surface area contributed by atoms with E-state index in [2.05, 4.69) is 25.6 Å². The van der Waals surface area contributed by atoms with Crippen LogP contribution in [0, 0.1) is 5.92 Å². The van der Waals surface area contributed by atoms with Gasteiger partial charge in [-0.25, -0.2) is 13.9 Å². The van der Waals surface area contributed by atoms with Gasteiger partial charge >= 0.3 is 0 Å². The van der Waals surface area contributed by atoms with E-state index in [0.717, 1.165) is 37.2 Å². The van der Waals surface area contributed by atoms with E-state index in [0.29, 0.717) is 55.3 Å². The van der Waals surface area contributed by atoms with Crippen molar-refractivity contribution in [2.75, 3.05) is 56.2 Å². The maximum atomic E-state index is 15.1. The molecule has 6 rings (SSSR count). The Balaban J connectivity index is 1.28. The molecule has 5 heterocycles. The van der Waals surface area contributed by atoms with Gasteiger partial charge in [-0.15, -0.1) is 0 Å². The van der Waals surface area contributed by atoms with Crippen molar-refractivity contribution in [3.8, 4) is 0 Å². The van der Waals surface area contributed by atoms with Gasteiger partial charge in [0, 0.05) is 37.6 Å². The second-order valence-corrected chi connectivity index (χ2v) is 9.82. The normalized spacial score (nSPS) is 19.3. The summed E-state index contributed by atoms with van der Waals surface area (Å²) in [5, 5.41) is 10.5. The summed E-state index contributed by atoms with van der Waals surface area (Å²) in [7, 11) is 0. The molecule has 2 aromatic heterocycles. The molecule has 1 atom stereocenters. The monoisotopic (exact) mass is 507 g/mol. The number of nitrogens with zero attached hydrogens (tertiary/aromatic N) is 5. The Bertz CT molecular complexity index is 1320. The van der Waals surface area contributed by atoms with Gasteiger partial charge < -0.3 is 25.2 Å². The molecule has 10 nitrogen and oxygen atoms in total. The predicted molar refractivity (Wildman–Crippen MR) is 136 cm³/mol. The van der Waals surface area contributed by atoms with Gasteiger partial charge in [0.05, 0.1) is 37.3 Å². The molecule has 3 aliphatic rings.